The quantitative estimate of drug-likeness (QED) is 0.723. The molecule has 0 bridgehead atoms. The van der Waals surface area contributed by atoms with Crippen molar-refractivity contribution in [2.45, 2.75) is 26.3 Å². The number of carbonyl (C=O) groups is 1. The molecule has 0 spiro atoms. The van der Waals surface area contributed by atoms with Crippen LogP contribution in [0.15, 0.2) is 36.4 Å². The van der Waals surface area contributed by atoms with Crippen LogP contribution in [0.5, 0.6) is 0 Å². The van der Waals surface area contributed by atoms with Crippen molar-refractivity contribution < 1.29 is 17.6 Å². The van der Waals surface area contributed by atoms with Crippen LogP contribution >= 0.6 is 23.2 Å². The lowest BCUT2D eigenvalue weighted by Gasteiger charge is -2.30. The van der Waals surface area contributed by atoms with Crippen molar-refractivity contribution in [1.82, 2.24) is 0 Å². The number of hydrogen-bond acceptors (Lipinski definition) is 3. The number of carbonyl (C=O) groups excluding carboxylic acids is 1. The first-order valence-corrected chi connectivity index (χ1v) is 10.7. The third-order valence-corrected chi connectivity index (χ3v) is 5.89. The normalized spacial score (nSPS) is 12.5. The van der Waals surface area contributed by atoms with Crippen molar-refractivity contribution in [1.29, 1.82) is 0 Å². The predicted octanol–water partition coefficient (Wildman–Crippen LogP) is 4.62. The van der Waals surface area contributed by atoms with E-state index >= 15 is 0 Å². The first-order valence-electron chi connectivity index (χ1n) is 8.06. The van der Waals surface area contributed by atoms with E-state index in [0.29, 0.717) is 16.3 Å². The van der Waals surface area contributed by atoms with Gasteiger partial charge in [-0.2, -0.15) is 0 Å². The van der Waals surface area contributed by atoms with E-state index in [1.807, 2.05) is 0 Å². The molecule has 0 aliphatic heterocycles. The fraction of sp³-hybridized carbons (Fsp3) is 0.278. The van der Waals surface area contributed by atoms with Gasteiger partial charge in [0.25, 0.3) is 0 Å². The van der Waals surface area contributed by atoms with Crippen molar-refractivity contribution in [2.24, 2.45) is 0 Å². The largest absolute Gasteiger partial charge is 0.324 e. The number of anilines is 2. The zero-order valence-electron chi connectivity index (χ0n) is 15.0. The van der Waals surface area contributed by atoms with Gasteiger partial charge in [0, 0.05) is 10.7 Å². The van der Waals surface area contributed by atoms with E-state index in [1.165, 1.54) is 12.1 Å². The number of benzene rings is 2. The average Bonchev–Trinajstić information content (AvgIpc) is 2.58. The molecule has 2 aromatic rings. The fourth-order valence-electron chi connectivity index (χ4n) is 2.64. The van der Waals surface area contributed by atoms with Crippen molar-refractivity contribution in [3.05, 3.63) is 57.8 Å². The maximum atomic E-state index is 13.5. The van der Waals surface area contributed by atoms with Crippen LogP contribution in [-0.2, 0) is 14.8 Å². The summed E-state index contributed by atoms with van der Waals surface area (Å²) in [6, 6.07) is 7.49. The second kappa shape index (κ2) is 8.46. The molecular weight excluding hydrogens is 414 g/mol. The molecule has 0 radical (unpaired) electrons. The molecule has 0 heterocycles. The third kappa shape index (κ3) is 4.91. The molecule has 146 valence electrons. The van der Waals surface area contributed by atoms with Gasteiger partial charge in [-0.3, -0.25) is 9.10 Å². The second-order valence-corrected chi connectivity index (χ2v) is 8.66. The fourth-order valence-corrected chi connectivity index (χ4v) is 4.19. The molecule has 2 aromatic carbocycles. The highest BCUT2D eigenvalue weighted by Gasteiger charge is 2.32. The van der Waals surface area contributed by atoms with E-state index in [1.54, 1.807) is 32.0 Å². The lowest BCUT2D eigenvalue weighted by molar-refractivity contribution is -0.117. The molecule has 1 atom stereocenters. The Balaban J connectivity index is 2.44. The summed E-state index contributed by atoms with van der Waals surface area (Å²) in [5.41, 5.74) is 1.25. The number of sulfonamides is 1. The van der Waals surface area contributed by atoms with Gasteiger partial charge < -0.3 is 5.32 Å². The van der Waals surface area contributed by atoms with E-state index in [9.17, 15) is 17.6 Å². The van der Waals surface area contributed by atoms with Gasteiger partial charge in [0.05, 0.1) is 17.0 Å². The summed E-state index contributed by atoms with van der Waals surface area (Å²) in [6.45, 7) is 3.42. The van der Waals surface area contributed by atoms with Crippen LogP contribution in [0.2, 0.25) is 10.0 Å². The molecule has 1 N–H and O–H groups in total. The summed E-state index contributed by atoms with van der Waals surface area (Å²) < 4.78 is 39.2. The zero-order chi connectivity index (χ0) is 20.4. The molecule has 0 aliphatic carbocycles. The predicted molar refractivity (Wildman–Crippen MR) is 108 cm³/mol. The number of halogens is 3. The Bertz CT molecular complexity index is 967. The number of nitrogens with zero attached hydrogens (tertiary/aromatic N) is 1. The highest BCUT2D eigenvalue weighted by molar-refractivity contribution is 7.92. The Hall–Kier alpha value is -1.83. The molecule has 0 saturated heterocycles. The highest BCUT2D eigenvalue weighted by atomic mass is 35.5. The van der Waals surface area contributed by atoms with Gasteiger partial charge >= 0.3 is 0 Å². The molecule has 0 aliphatic rings. The van der Waals surface area contributed by atoms with Crippen LogP contribution in [-0.4, -0.2) is 26.6 Å². The standard InChI is InChI=1S/C18H19Cl2FN2O3S/c1-4-17(18(24)22-16-7-5-6-13(19)11(16)2)23(27(3,25)26)12-8-9-15(21)14(20)10-12/h5-10,17H,4H2,1-3H3,(H,22,24). The average molecular weight is 433 g/mol. The monoisotopic (exact) mass is 432 g/mol. The first kappa shape index (κ1) is 21.5. The van der Waals surface area contributed by atoms with Crippen molar-refractivity contribution >= 4 is 50.5 Å². The van der Waals surface area contributed by atoms with Gasteiger partial charge in [-0.25, -0.2) is 12.8 Å². The Morgan fingerprint density at radius 3 is 2.44 bits per heavy atom. The highest BCUT2D eigenvalue weighted by Crippen LogP contribution is 2.28. The summed E-state index contributed by atoms with van der Waals surface area (Å²) in [5.74, 6) is -1.21. The molecule has 27 heavy (non-hydrogen) atoms. The molecule has 0 saturated carbocycles. The van der Waals surface area contributed by atoms with Crippen LogP contribution in [0.25, 0.3) is 0 Å². The van der Waals surface area contributed by atoms with Crippen LogP contribution in [0.3, 0.4) is 0 Å². The third-order valence-electron chi connectivity index (χ3n) is 4.01. The summed E-state index contributed by atoms with van der Waals surface area (Å²) >= 11 is 11.9. The Morgan fingerprint density at radius 2 is 1.89 bits per heavy atom. The lowest BCUT2D eigenvalue weighted by Crippen LogP contribution is -2.47. The molecule has 1 unspecified atom stereocenters. The first-order chi connectivity index (χ1) is 12.6. The zero-order valence-corrected chi connectivity index (χ0v) is 17.3. The van der Waals surface area contributed by atoms with E-state index in [4.69, 9.17) is 23.2 Å². The molecular formula is C18H19Cl2FN2O3S. The second-order valence-electron chi connectivity index (χ2n) is 5.98. The summed E-state index contributed by atoms with van der Waals surface area (Å²) in [5, 5.41) is 2.96. The maximum Gasteiger partial charge on any atom is 0.248 e. The molecule has 0 aromatic heterocycles. The van der Waals surface area contributed by atoms with Gasteiger partial charge in [0.15, 0.2) is 0 Å². The number of nitrogens with one attached hydrogen (secondary N) is 1. The topological polar surface area (TPSA) is 66.5 Å². The van der Waals surface area contributed by atoms with Crippen molar-refractivity contribution in [3.8, 4) is 0 Å². The van der Waals surface area contributed by atoms with E-state index in [-0.39, 0.29) is 17.1 Å². The molecule has 1 amide bonds. The summed E-state index contributed by atoms with van der Waals surface area (Å²) in [4.78, 5) is 12.9. The van der Waals surface area contributed by atoms with Crippen LogP contribution in [0.4, 0.5) is 15.8 Å². The minimum absolute atomic E-state index is 0.105. The van der Waals surface area contributed by atoms with Crippen LogP contribution in [0.1, 0.15) is 18.9 Å². The summed E-state index contributed by atoms with van der Waals surface area (Å²) in [6.07, 6.45) is 1.17. The number of amides is 1. The smallest absolute Gasteiger partial charge is 0.248 e. The maximum absolute atomic E-state index is 13.5. The molecule has 0 fully saturated rings. The van der Waals surface area contributed by atoms with Gasteiger partial charge in [-0.05, 0) is 49.2 Å². The number of hydrogen-bond donors (Lipinski definition) is 1. The Labute approximate surface area is 168 Å². The number of rotatable bonds is 6. The summed E-state index contributed by atoms with van der Waals surface area (Å²) in [7, 11) is -3.85. The van der Waals surface area contributed by atoms with E-state index < -0.39 is 27.8 Å². The molecule has 5 nitrogen and oxygen atoms in total. The minimum atomic E-state index is -3.85. The molecule has 9 heteroatoms. The Kier molecular flexibility index (Phi) is 6.72. The van der Waals surface area contributed by atoms with Crippen molar-refractivity contribution in [2.75, 3.05) is 15.9 Å². The van der Waals surface area contributed by atoms with Crippen molar-refractivity contribution in [3.63, 3.8) is 0 Å². The van der Waals surface area contributed by atoms with Crippen LogP contribution in [0, 0.1) is 12.7 Å². The Morgan fingerprint density at radius 1 is 1.22 bits per heavy atom. The molecule has 2 rings (SSSR count). The van der Waals surface area contributed by atoms with E-state index in [0.717, 1.165) is 16.6 Å². The van der Waals surface area contributed by atoms with Gasteiger partial charge in [-0.15, -0.1) is 0 Å². The van der Waals surface area contributed by atoms with Gasteiger partial charge in [0.1, 0.15) is 11.9 Å². The van der Waals surface area contributed by atoms with Gasteiger partial charge in [-0.1, -0.05) is 36.2 Å². The minimum Gasteiger partial charge on any atom is -0.324 e. The lowest BCUT2D eigenvalue weighted by atomic mass is 10.1. The van der Waals surface area contributed by atoms with E-state index in [2.05, 4.69) is 5.32 Å². The van der Waals surface area contributed by atoms with Crippen LogP contribution < -0.4 is 9.62 Å². The van der Waals surface area contributed by atoms with Gasteiger partial charge in [0.2, 0.25) is 15.9 Å². The SMILES string of the molecule is CCC(C(=O)Nc1cccc(Cl)c1C)N(c1ccc(F)c(Cl)c1)S(C)(=O)=O.